The van der Waals surface area contributed by atoms with Crippen LogP contribution in [0.25, 0.3) is 61.3 Å². The molecule has 2 aromatic carbocycles. The third kappa shape index (κ3) is 3.10. The maximum absolute atomic E-state index is 12.6. The number of pyridine rings is 1. The summed E-state index contributed by atoms with van der Waals surface area (Å²) in [5, 5.41) is 5.38. The van der Waals surface area contributed by atoms with Crippen LogP contribution in [0.5, 0.6) is 0 Å². The topological polar surface area (TPSA) is 91.2 Å². The average Bonchev–Trinajstić information content (AvgIpc) is 3.65. The first-order valence-electron chi connectivity index (χ1n) is 12.0. The van der Waals surface area contributed by atoms with Crippen LogP contribution in [0.2, 0.25) is 0 Å². The van der Waals surface area contributed by atoms with E-state index in [-0.39, 0.29) is 5.69 Å². The first-order valence-corrected chi connectivity index (χ1v) is 12.0. The van der Waals surface area contributed by atoms with E-state index >= 15 is 0 Å². The maximum atomic E-state index is 12.6. The van der Waals surface area contributed by atoms with Crippen LogP contribution in [0.1, 0.15) is 5.56 Å². The van der Waals surface area contributed by atoms with Gasteiger partial charge in [-0.2, -0.15) is 5.10 Å². The highest BCUT2D eigenvalue weighted by Crippen LogP contribution is 2.35. The third-order valence-corrected chi connectivity index (χ3v) is 7.13. The van der Waals surface area contributed by atoms with Crippen LogP contribution in [0.15, 0.2) is 72.0 Å². The Hall–Kier alpha value is -4.92. The zero-order chi connectivity index (χ0) is 25.4. The Balaban J connectivity index is 1.53. The Morgan fingerprint density at radius 1 is 0.892 bits per heavy atom. The van der Waals surface area contributed by atoms with Gasteiger partial charge in [0.2, 0.25) is 0 Å². The molecule has 7 rings (SSSR count). The number of imidazole rings is 2. The molecule has 182 valence electrons. The molecule has 0 aliphatic carbocycles. The van der Waals surface area contributed by atoms with E-state index in [4.69, 9.17) is 9.97 Å². The van der Waals surface area contributed by atoms with Gasteiger partial charge < -0.3 is 4.98 Å². The summed E-state index contributed by atoms with van der Waals surface area (Å²) >= 11 is 0. The molecular weight excluding hydrogens is 464 g/mol. The van der Waals surface area contributed by atoms with E-state index in [2.05, 4.69) is 39.8 Å². The van der Waals surface area contributed by atoms with Gasteiger partial charge in [-0.1, -0.05) is 12.1 Å². The lowest BCUT2D eigenvalue weighted by Crippen LogP contribution is -2.19. The smallest absolute Gasteiger partial charge is 0.328 e. The number of hydrogen-bond acceptors (Lipinski definition) is 4. The molecule has 0 atom stereocenters. The number of aryl methyl sites for hydroxylation is 4. The molecular formula is C28H24N8O. The quantitative estimate of drug-likeness (QED) is 0.397. The van der Waals surface area contributed by atoms with Gasteiger partial charge >= 0.3 is 5.69 Å². The largest absolute Gasteiger partial charge is 0.360 e. The summed E-state index contributed by atoms with van der Waals surface area (Å²) in [6.07, 6.45) is 7.62. The molecule has 5 heterocycles. The zero-order valence-electron chi connectivity index (χ0n) is 20.9. The molecule has 5 aromatic heterocycles. The molecule has 37 heavy (non-hydrogen) atoms. The van der Waals surface area contributed by atoms with Crippen molar-refractivity contribution in [1.82, 2.24) is 38.4 Å². The van der Waals surface area contributed by atoms with E-state index in [0.29, 0.717) is 0 Å². The van der Waals surface area contributed by atoms with Crippen molar-refractivity contribution in [3.8, 4) is 28.3 Å². The summed E-state index contributed by atoms with van der Waals surface area (Å²) in [4.78, 5) is 25.9. The van der Waals surface area contributed by atoms with Gasteiger partial charge in [-0.15, -0.1) is 0 Å². The molecule has 0 amide bonds. The van der Waals surface area contributed by atoms with Gasteiger partial charge in [0.1, 0.15) is 5.82 Å². The molecule has 9 heteroatoms. The second kappa shape index (κ2) is 7.54. The SMILES string of the molecule is Cc1ccc2c(-c3nc4cc(-c5cnn(C)c5)ncc4n3-c3ccc4c(c3)n(C)c(=O)n4C)c[nH]c2c1. The zero-order valence-corrected chi connectivity index (χ0v) is 20.9. The van der Waals surface area contributed by atoms with Crippen LogP contribution in [-0.2, 0) is 21.1 Å². The van der Waals surface area contributed by atoms with Crippen molar-refractivity contribution in [2.24, 2.45) is 21.1 Å². The van der Waals surface area contributed by atoms with Crippen LogP contribution in [0.3, 0.4) is 0 Å². The minimum absolute atomic E-state index is 0.0577. The van der Waals surface area contributed by atoms with Gasteiger partial charge in [0.25, 0.3) is 0 Å². The van der Waals surface area contributed by atoms with Crippen LogP contribution < -0.4 is 5.69 Å². The van der Waals surface area contributed by atoms with Crippen molar-refractivity contribution in [2.75, 3.05) is 0 Å². The molecule has 0 saturated heterocycles. The first kappa shape index (κ1) is 21.4. The van der Waals surface area contributed by atoms with Crippen LogP contribution in [0.4, 0.5) is 0 Å². The normalized spacial score (nSPS) is 11.9. The lowest BCUT2D eigenvalue weighted by atomic mass is 10.1. The molecule has 0 aliphatic heterocycles. The summed E-state index contributed by atoms with van der Waals surface area (Å²) in [5.74, 6) is 0.801. The van der Waals surface area contributed by atoms with E-state index in [0.717, 1.165) is 61.3 Å². The lowest BCUT2D eigenvalue weighted by Gasteiger charge is -2.10. The Bertz CT molecular complexity index is 2060. The molecule has 1 N–H and O–H groups in total. The van der Waals surface area contributed by atoms with Gasteiger partial charge in [0, 0.05) is 61.3 Å². The third-order valence-electron chi connectivity index (χ3n) is 7.13. The molecule has 0 bridgehead atoms. The maximum Gasteiger partial charge on any atom is 0.328 e. The number of aromatic nitrogens is 8. The number of nitrogens with zero attached hydrogens (tertiary/aromatic N) is 7. The Kier molecular flexibility index (Phi) is 4.35. The molecule has 0 unspecified atom stereocenters. The number of H-pyrrole nitrogens is 1. The van der Waals surface area contributed by atoms with Crippen molar-refractivity contribution in [3.05, 3.63) is 83.3 Å². The highest BCUT2D eigenvalue weighted by molar-refractivity contribution is 5.97. The van der Waals surface area contributed by atoms with Gasteiger partial charge in [-0.25, -0.2) is 9.78 Å². The number of benzene rings is 2. The highest BCUT2D eigenvalue weighted by atomic mass is 16.1. The fraction of sp³-hybridized carbons (Fsp3) is 0.143. The summed E-state index contributed by atoms with van der Waals surface area (Å²) in [6.45, 7) is 2.08. The number of hydrogen-bond donors (Lipinski definition) is 1. The second-order valence-corrected chi connectivity index (χ2v) is 9.56. The van der Waals surface area contributed by atoms with Gasteiger partial charge in [-0.05, 0) is 42.8 Å². The van der Waals surface area contributed by atoms with Crippen LogP contribution >= 0.6 is 0 Å². The Morgan fingerprint density at radius 2 is 1.73 bits per heavy atom. The number of fused-ring (bicyclic) bond motifs is 3. The van der Waals surface area contributed by atoms with Crippen LogP contribution in [-0.4, -0.2) is 38.4 Å². The van der Waals surface area contributed by atoms with Crippen molar-refractivity contribution in [2.45, 2.75) is 6.92 Å². The molecule has 0 spiro atoms. The van der Waals surface area contributed by atoms with Crippen molar-refractivity contribution < 1.29 is 0 Å². The summed E-state index contributed by atoms with van der Waals surface area (Å²) in [7, 11) is 5.48. The predicted molar refractivity (Wildman–Crippen MR) is 145 cm³/mol. The molecule has 0 fully saturated rings. The first-order chi connectivity index (χ1) is 17.9. The Labute approximate surface area is 211 Å². The van der Waals surface area contributed by atoms with Crippen molar-refractivity contribution >= 4 is 33.0 Å². The van der Waals surface area contributed by atoms with E-state index in [1.165, 1.54) is 5.56 Å². The standard InChI is InChI=1S/C28H24N8O/c1-16-5-7-19-20(13-29-22(19)9-16)27-32-23-11-21(17-12-31-33(2)15-17)30-14-26(23)36(27)18-6-8-24-25(10-18)35(4)28(37)34(24)3/h5-15,29H,1-4H3. The van der Waals surface area contributed by atoms with E-state index < -0.39 is 0 Å². The van der Waals surface area contributed by atoms with Crippen LogP contribution in [0, 0.1) is 6.92 Å². The molecule has 0 saturated carbocycles. The molecule has 0 radical (unpaired) electrons. The van der Waals surface area contributed by atoms with Crippen molar-refractivity contribution in [1.29, 1.82) is 0 Å². The van der Waals surface area contributed by atoms with E-state index in [1.807, 2.05) is 49.9 Å². The van der Waals surface area contributed by atoms with Gasteiger partial charge in [0.15, 0.2) is 0 Å². The molecule has 7 aromatic rings. The molecule has 9 nitrogen and oxygen atoms in total. The summed E-state index contributed by atoms with van der Waals surface area (Å²) < 4.78 is 7.22. The predicted octanol–water partition coefficient (Wildman–Crippen LogP) is 4.47. The number of rotatable bonds is 3. The van der Waals surface area contributed by atoms with Gasteiger partial charge in [-0.3, -0.25) is 23.4 Å². The Morgan fingerprint density at radius 3 is 2.54 bits per heavy atom. The lowest BCUT2D eigenvalue weighted by molar-refractivity contribution is 0.768. The minimum Gasteiger partial charge on any atom is -0.360 e. The number of aromatic amines is 1. The second-order valence-electron chi connectivity index (χ2n) is 9.56. The van der Waals surface area contributed by atoms with Crippen molar-refractivity contribution in [3.63, 3.8) is 0 Å². The highest BCUT2D eigenvalue weighted by Gasteiger charge is 2.20. The minimum atomic E-state index is -0.0577. The monoisotopic (exact) mass is 488 g/mol. The summed E-state index contributed by atoms with van der Waals surface area (Å²) in [5.41, 5.74) is 9.28. The number of nitrogens with one attached hydrogen (secondary N) is 1. The van der Waals surface area contributed by atoms with E-state index in [1.54, 1.807) is 34.1 Å². The van der Waals surface area contributed by atoms with E-state index in [9.17, 15) is 4.79 Å². The average molecular weight is 489 g/mol. The van der Waals surface area contributed by atoms with Gasteiger partial charge in [0.05, 0.1) is 40.2 Å². The molecule has 0 aliphatic rings. The fourth-order valence-electron chi connectivity index (χ4n) is 5.19. The fourth-order valence-corrected chi connectivity index (χ4v) is 5.19. The summed E-state index contributed by atoms with van der Waals surface area (Å²) in [6, 6.07) is 14.4.